The fraction of sp³-hybridized carbons (Fsp3) is 0.522. The van der Waals surface area contributed by atoms with Gasteiger partial charge >= 0.3 is 0 Å². The number of phenolic OH excluding ortho intramolecular Hbond substituents is 1. The lowest BCUT2D eigenvalue weighted by molar-refractivity contribution is -0.0197. The van der Waals surface area contributed by atoms with Gasteiger partial charge in [0.05, 0.1) is 18.9 Å². The molecule has 2 fully saturated rings. The lowest BCUT2D eigenvalue weighted by Gasteiger charge is -2.43. The van der Waals surface area contributed by atoms with Crippen molar-refractivity contribution in [3.8, 4) is 17.0 Å². The predicted octanol–water partition coefficient (Wildman–Crippen LogP) is 3.35. The highest BCUT2D eigenvalue weighted by atomic mass is 16.5. The molecule has 0 aliphatic carbocycles. The zero-order valence-electron chi connectivity index (χ0n) is 17.0. The van der Waals surface area contributed by atoms with E-state index in [-0.39, 0.29) is 11.3 Å². The van der Waals surface area contributed by atoms with Crippen LogP contribution < -0.4 is 0 Å². The standard InChI is InChI=1S/C23H31N3O2/c1-23(2,26-10-12-28-13-11-26)17-25-9-7-20(16-25)18-6-8-24-22(15-18)19-4-3-5-21(27)14-19/h3-6,8,14-15,20,27H,7,9-13,16-17H2,1-2H3/t20-/m1/s1. The molecule has 3 heterocycles. The van der Waals surface area contributed by atoms with Gasteiger partial charge in [0.2, 0.25) is 0 Å². The van der Waals surface area contributed by atoms with Crippen LogP contribution in [0.25, 0.3) is 11.3 Å². The molecule has 5 heteroatoms. The Kier molecular flexibility index (Phi) is 5.67. The van der Waals surface area contributed by atoms with Crippen LogP contribution in [0, 0.1) is 0 Å². The molecule has 28 heavy (non-hydrogen) atoms. The molecule has 2 aliphatic heterocycles. The molecule has 1 aromatic heterocycles. The average molecular weight is 382 g/mol. The van der Waals surface area contributed by atoms with Crippen molar-refractivity contribution in [1.29, 1.82) is 0 Å². The normalized spacial score (nSPS) is 21.9. The molecule has 150 valence electrons. The summed E-state index contributed by atoms with van der Waals surface area (Å²) in [5, 5.41) is 9.76. The van der Waals surface area contributed by atoms with Crippen molar-refractivity contribution in [2.75, 3.05) is 45.9 Å². The Morgan fingerprint density at radius 2 is 1.96 bits per heavy atom. The number of aromatic hydroxyl groups is 1. The minimum absolute atomic E-state index is 0.170. The fourth-order valence-electron chi connectivity index (χ4n) is 4.59. The number of rotatable bonds is 5. The summed E-state index contributed by atoms with van der Waals surface area (Å²) < 4.78 is 5.52. The number of morpholine rings is 1. The van der Waals surface area contributed by atoms with Crippen molar-refractivity contribution in [2.24, 2.45) is 0 Å². The molecular weight excluding hydrogens is 350 g/mol. The summed E-state index contributed by atoms with van der Waals surface area (Å²) >= 11 is 0. The molecule has 0 radical (unpaired) electrons. The second kappa shape index (κ2) is 8.19. The first-order valence-corrected chi connectivity index (χ1v) is 10.3. The van der Waals surface area contributed by atoms with E-state index in [1.165, 1.54) is 12.0 Å². The summed E-state index contributed by atoms with van der Waals surface area (Å²) in [6.07, 6.45) is 3.08. The van der Waals surface area contributed by atoms with Gasteiger partial charge in [-0.2, -0.15) is 0 Å². The maximum atomic E-state index is 9.76. The third-order valence-electron chi connectivity index (χ3n) is 6.15. The number of hydrogen-bond donors (Lipinski definition) is 1. The predicted molar refractivity (Wildman–Crippen MR) is 112 cm³/mol. The van der Waals surface area contributed by atoms with Crippen molar-refractivity contribution < 1.29 is 9.84 Å². The highest BCUT2D eigenvalue weighted by Gasteiger charge is 2.33. The molecule has 0 spiro atoms. The third-order valence-corrected chi connectivity index (χ3v) is 6.15. The number of phenols is 1. The first-order valence-electron chi connectivity index (χ1n) is 10.3. The summed E-state index contributed by atoms with van der Waals surface area (Å²) in [5.74, 6) is 0.821. The molecule has 0 unspecified atom stereocenters. The number of ether oxygens (including phenoxy) is 1. The Morgan fingerprint density at radius 1 is 1.14 bits per heavy atom. The highest BCUT2D eigenvalue weighted by Crippen LogP contribution is 2.31. The van der Waals surface area contributed by atoms with Gasteiger partial charge in [-0.25, -0.2) is 0 Å². The van der Waals surface area contributed by atoms with Crippen LogP contribution in [0.1, 0.15) is 31.7 Å². The van der Waals surface area contributed by atoms with E-state index in [0.29, 0.717) is 5.92 Å². The fourth-order valence-corrected chi connectivity index (χ4v) is 4.59. The van der Waals surface area contributed by atoms with Crippen molar-refractivity contribution >= 4 is 0 Å². The second-order valence-electron chi connectivity index (χ2n) is 8.66. The third kappa shape index (κ3) is 4.37. The Labute approximate surface area is 168 Å². The second-order valence-corrected chi connectivity index (χ2v) is 8.66. The van der Waals surface area contributed by atoms with Gasteiger partial charge < -0.3 is 14.7 Å². The summed E-state index contributed by atoms with van der Waals surface area (Å²) in [6.45, 7) is 11.8. The highest BCUT2D eigenvalue weighted by molar-refractivity contribution is 5.61. The molecule has 0 amide bonds. The Hall–Kier alpha value is -1.95. The van der Waals surface area contributed by atoms with E-state index in [4.69, 9.17) is 4.74 Å². The van der Waals surface area contributed by atoms with E-state index >= 15 is 0 Å². The minimum Gasteiger partial charge on any atom is -0.508 e. The van der Waals surface area contributed by atoms with Crippen molar-refractivity contribution in [3.05, 3.63) is 48.2 Å². The molecule has 4 rings (SSSR count). The van der Waals surface area contributed by atoms with Gasteiger partial charge in [-0.1, -0.05) is 12.1 Å². The van der Waals surface area contributed by atoms with Crippen LogP contribution in [-0.4, -0.2) is 71.4 Å². The van der Waals surface area contributed by atoms with Gasteiger partial charge in [0, 0.05) is 43.5 Å². The number of hydrogen-bond acceptors (Lipinski definition) is 5. The monoisotopic (exact) mass is 381 g/mol. The maximum Gasteiger partial charge on any atom is 0.116 e. The molecule has 5 nitrogen and oxygen atoms in total. The smallest absolute Gasteiger partial charge is 0.116 e. The first kappa shape index (κ1) is 19.4. The number of aromatic nitrogens is 1. The van der Waals surface area contributed by atoms with Crippen LogP contribution in [0.2, 0.25) is 0 Å². The Balaban J connectivity index is 1.42. The van der Waals surface area contributed by atoms with Crippen LogP contribution in [-0.2, 0) is 4.74 Å². The Morgan fingerprint density at radius 3 is 2.75 bits per heavy atom. The van der Waals surface area contributed by atoms with Gasteiger partial charge in [0.15, 0.2) is 0 Å². The topological polar surface area (TPSA) is 48.8 Å². The molecular formula is C23H31N3O2. The van der Waals surface area contributed by atoms with Crippen molar-refractivity contribution in [1.82, 2.24) is 14.8 Å². The summed E-state index contributed by atoms with van der Waals surface area (Å²) in [4.78, 5) is 9.69. The largest absolute Gasteiger partial charge is 0.508 e. The van der Waals surface area contributed by atoms with Crippen LogP contribution in [0.5, 0.6) is 5.75 Å². The summed E-state index contributed by atoms with van der Waals surface area (Å²) in [6, 6.07) is 11.7. The van der Waals surface area contributed by atoms with Crippen molar-refractivity contribution in [2.45, 2.75) is 31.7 Å². The lowest BCUT2D eigenvalue weighted by Crippen LogP contribution is -2.55. The van der Waals surface area contributed by atoms with Crippen LogP contribution in [0.3, 0.4) is 0 Å². The quantitative estimate of drug-likeness (QED) is 0.861. The average Bonchev–Trinajstić information content (AvgIpc) is 3.17. The lowest BCUT2D eigenvalue weighted by atomic mass is 9.97. The molecule has 1 N–H and O–H groups in total. The number of nitrogens with zero attached hydrogens (tertiary/aromatic N) is 3. The molecule has 0 bridgehead atoms. The summed E-state index contributed by atoms with van der Waals surface area (Å²) in [5.41, 5.74) is 3.41. The zero-order chi connectivity index (χ0) is 19.6. The molecule has 2 saturated heterocycles. The SMILES string of the molecule is CC(C)(CN1CC[C@@H](c2ccnc(-c3cccc(O)c3)c2)C1)N1CCOCC1. The zero-order valence-corrected chi connectivity index (χ0v) is 17.0. The van der Waals surface area contributed by atoms with E-state index in [1.807, 2.05) is 18.3 Å². The molecule has 0 saturated carbocycles. The minimum atomic E-state index is 0.170. The molecule has 2 aromatic rings. The number of likely N-dealkylation sites (tertiary alicyclic amines) is 1. The van der Waals surface area contributed by atoms with E-state index in [9.17, 15) is 5.11 Å². The number of benzene rings is 1. The van der Waals surface area contributed by atoms with Crippen LogP contribution in [0.15, 0.2) is 42.6 Å². The first-order chi connectivity index (χ1) is 13.5. The Bertz CT molecular complexity index is 802. The molecule has 1 aromatic carbocycles. The summed E-state index contributed by atoms with van der Waals surface area (Å²) in [7, 11) is 0. The molecule has 2 aliphatic rings. The molecule has 1 atom stereocenters. The van der Waals surface area contributed by atoms with Gasteiger partial charge in [-0.05, 0) is 62.6 Å². The van der Waals surface area contributed by atoms with Gasteiger partial charge in [0.1, 0.15) is 5.75 Å². The number of pyridine rings is 1. The van der Waals surface area contributed by atoms with E-state index < -0.39 is 0 Å². The maximum absolute atomic E-state index is 9.76. The van der Waals surface area contributed by atoms with Gasteiger partial charge in [0.25, 0.3) is 0 Å². The van der Waals surface area contributed by atoms with E-state index in [1.54, 1.807) is 12.1 Å². The van der Waals surface area contributed by atoms with E-state index in [2.05, 4.69) is 40.8 Å². The van der Waals surface area contributed by atoms with Crippen LogP contribution in [0.4, 0.5) is 0 Å². The van der Waals surface area contributed by atoms with Crippen molar-refractivity contribution in [3.63, 3.8) is 0 Å². The van der Waals surface area contributed by atoms with E-state index in [0.717, 1.165) is 57.2 Å². The van der Waals surface area contributed by atoms with Gasteiger partial charge in [-0.15, -0.1) is 0 Å². The van der Waals surface area contributed by atoms with Gasteiger partial charge in [-0.3, -0.25) is 9.88 Å². The van der Waals surface area contributed by atoms with Crippen LogP contribution >= 0.6 is 0 Å².